The van der Waals surface area contributed by atoms with E-state index in [9.17, 15) is 13.2 Å². The van der Waals surface area contributed by atoms with Gasteiger partial charge in [-0.3, -0.25) is 0 Å². The molecule has 0 aliphatic heterocycles. The second-order valence-corrected chi connectivity index (χ2v) is 3.56. The van der Waals surface area contributed by atoms with Crippen LogP contribution in [-0.2, 0) is 14.8 Å². The van der Waals surface area contributed by atoms with Crippen LogP contribution in [0.25, 0.3) is 0 Å². The van der Waals surface area contributed by atoms with Gasteiger partial charge in [-0.2, -0.15) is 0 Å². The van der Waals surface area contributed by atoms with Crippen LogP contribution in [0.2, 0.25) is 0 Å². The smallest absolute Gasteiger partial charge is 0.360 e. The minimum absolute atomic E-state index is 0.244. The maximum Gasteiger partial charge on any atom is 0.360 e. The maximum absolute atomic E-state index is 10.8. The van der Waals surface area contributed by atoms with E-state index in [4.69, 9.17) is 5.14 Å². The van der Waals surface area contributed by atoms with Crippen LogP contribution in [0.5, 0.6) is 0 Å². The molecule has 7 nitrogen and oxygen atoms in total. The second-order valence-electron chi connectivity index (χ2n) is 2.07. The second kappa shape index (κ2) is 3.15. The van der Waals surface area contributed by atoms with Gasteiger partial charge in [0.15, 0.2) is 5.69 Å². The number of ether oxygens (including phenoxy) is 1. The highest BCUT2D eigenvalue weighted by Gasteiger charge is 2.19. The Balaban J connectivity index is 3.07. The average Bonchev–Trinajstić information content (AvgIpc) is 2.50. The van der Waals surface area contributed by atoms with Gasteiger partial charge in [0.05, 0.1) is 7.11 Å². The lowest BCUT2D eigenvalue weighted by molar-refractivity contribution is 0.0588. The Kier molecular flexibility index (Phi) is 2.34. The molecule has 1 aromatic heterocycles. The van der Waals surface area contributed by atoms with E-state index in [1.165, 1.54) is 0 Å². The number of esters is 1. The summed E-state index contributed by atoms with van der Waals surface area (Å²) >= 11 is 0. The third kappa shape index (κ3) is 2.04. The van der Waals surface area contributed by atoms with Gasteiger partial charge in [-0.25, -0.2) is 18.4 Å². The first-order chi connectivity index (χ1) is 5.95. The molecule has 0 aliphatic rings. The minimum atomic E-state index is -3.96. The van der Waals surface area contributed by atoms with Gasteiger partial charge in [-0.05, 0) is 0 Å². The van der Waals surface area contributed by atoms with Crippen LogP contribution in [0.1, 0.15) is 10.5 Å². The van der Waals surface area contributed by atoms with Gasteiger partial charge < -0.3 is 9.26 Å². The van der Waals surface area contributed by atoms with E-state index in [-0.39, 0.29) is 5.69 Å². The van der Waals surface area contributed by atoms with Gasteiger partial charge in [0.2, 0.25) is 0 Å². The highest BCUT2D eigenvalue weighted by molar-refractivity contribution is 7.89. The van der Waals surface area contributed by atoms with Crippen molar-refractivity contribution in [2.24, 2.45) is 5.14 Å². The molecular weight excluding hydrogens is 200 g/mol. The lowest BCUT2D eigenvalue weighted by Crippen LogP contribution is -2.11. The third-order valence-corrected chi connectivity index (χ3v) is 1.92. The van der Waals surface area contributed by atoms with Gasteiger partial charge >= 0.3 is 5.97 Å². The predicted molar refractivity (Wildman–Crippen MR) is 39.2 cm³/mol. The largest absolute Gasteiger partial charge is 0.464 e. The average molecular weight is 206 g/mol. The number of carbonyl (C=O) groups is 1. The summed E-state index contributed by atoms with van der Waals surface area (Å²) in [4.78, 5) is 10.8. The molecule has 0 saturated carbocycles. The van der Waals surface area contributed by atoms with Gasteiger partial charge in [0.1, 0.15) is 0 Å². The molecule has 1 aromatic rings. The van der Waals surface area contributed by atoms with Crippen molar-refractivity contribution >= 4 is 16.0 Å². The van der Waals surface area contributed by atoms with Crippen molar-refractivity contribution in [3.63, 3.8) is 0 Å². The molecule has 1 heterocycles. The number of aromatic nitrogens is 1. The lowest BCUT2D eigenvalue weighted by Gasteiger charge is -1.88. The van der Waals surface area contributed by atoms with Crippen LogP contribution in [-0.4, -0.2) is 26.7 Å². The van der Waals surface area contributed by atoms with Crippen molar-refractivity contribution in [3.8, 4) is 0 Å². The molecule has 0 fully saturated rings. The highest BCUT2D eigenvalue weighted by Crippen LogP contribution is 2.08. The Bertz CT molecular complexity index is 420. The van der Waals surface area contributed by atoms with Gasteiger partial charge in [0, 0.05) is 6.07 Å². The van der Waals surface area contributed by atoms with E-state index in [1.54, 1.807) is 0 Å². The molecule has 2 N–H and O–H groups in total. The first-order valence-electron chi connectivity index (χ1n) is 3.03. The molecule has 0 aromatic carbocycles. The molecular formula is C5H6N2O5S. The summed E-state index contributed by atoms with van der Waals surface area (Å²) in [6.45, 7) is 0. The minimum Gasteiger partial charge on any atom is -0.464 e. The van der Waals surface area contributed by atoms with Crippen LogP contribution >= 0.6 is 0 Å². The number of nitrogens with zero attached hydrogens (tertiary/aromatic N) is 1. The summed E-state index contributed by atoms with van der Waals surface area (Å²) in [6.07, 6.45) is 0. The Morgan fingerprint density at radius 1 is 1.69 bits per heavy atom. The topological polar surface area (TPSA) is 112 Å². The quantitative estimate of drug-likeness (QED) is 0.628. The Morgan fingerprint density at radius 2 is 2.31 bits per heavy atom. The molecule has 0 unspecified atom stereocenters. The van der Waals surface area contributed by atoms with Crippen LogP contribution in [0.3, 0.4) is 0 Å². The van der Waals surface area contributed by atoms with Crippen molar-refractivity contribution in [2.45, 2.75) is 5.09 Å². The zero-order valence-electron chi connectivity index (χ0n) is 6.55. The number of carbonyl (C=O) groups excluding carboxylic acids is 1. The molecule has 0 atom stereocenters. The van der Waals surface area contributed by atoms with Crippen LogP contribution < -0.4 is 5.14 Å². The lowest BCUT2D eigenvalue weighted by atomic mass is 10.4. The van der Waals surface area contributed by atoms with E-state index in [0.29, 0.717) is 0 Å². The van der Waals surface area contributed by atoms with E-state index in [0.717, 1.165) is 13.2 Å². The summed E-state index contributed by atoms with van der Waals surface area (Å²) < 4.78 is 29.9. The van der Waals surface area contributed by atoms with Gasteiger partial charge in [-0.15, -0.1) is 0 Å². The van der Waals surface area contributed by atoms with E-state index >= 15 is 0 Å². The Morgan fingerprint density at radius 3 is 2.69 bits per heavy atom. The molecule has 72 valence electrons. The number of hydrogen-bond acceptors (Lipinski definition) is 6. The fraction of sp³-hybridized carbons (Fsp3) is 0.200. The van der Waals surface area contributed by atoms with Crippen molar-refractivity contribution in [1.82, 2.24) is 5.16 Å². The van der Waals surface area contributed by atoms with Crippen LogP contribution in [0.4, 0.5) is 0 Å². The summed E-state index contributed by atoms with van der Waals surface area (Å²) in [5.74, 6) is -0.793. The SMILES string of the molecule is COC(=O)c1cc(S(N)(=O)=O)on1. The summed E-state index contributed by atoms with van der Waals surface area (Å²) in [5, 5.41) is 7.27. The van der Waals surface area contributed by atoms with Crippen LogP contribution in [0.15, 0.2) is 15.7 Å². The molecule has 13 heavy (non-hydrogen) atoms. The molecule has 0 bridgehead atoms. The van der Waals surface area contributed by atoms with Crippen molar-refractivity contribution in [3.05, 3.63) is 11.8 Å². The fourth-order valence-corrected chi connectivity index (χ4v) is 1.01. The molecule has 1 rings (SSSR count). The summed E-state index contributed by atoms with van der Waals surface area (Å²) in [5.41, 5.74) is -0.244. The highest BCUT2D eigenvalue weighted by atomic mass is 32.2. The zero-order chi connectivity index (χ0) is 10.1. The predicted octanol–water partition coefficient (Wildman–Crippen LogP) is -0.891. The standard InChI is InChI=1S/C5H6N2O5S/c1-11-5(8)3-2-4(12-7-3)13(6,9)10/h2H,1H3,(H2,6,9,10). The summed E-state index contributed by atoms with van der Waals surface area (Å²) in [7, 11) is -2.83. The van der Waals surface area contributed by atoms with E-state index < -0.39 is 21.1 Å². The molecule has 0 radical (unpaired) electrons. The number of hydrogen-bond donors (Lipinski definition) is 1. The van der Waals surface area contributed by atoms with Crippen molar-refractivity contribution < 1.29 is 22.5 Å². The third-order valence-electron chi connectivity index (χ3n) is 1.16. The van der Waals surface area contributed by atoms with Crippen molar-refractivity contribution in [2.75, 3.05) is 7.11 Å². The Hall–Kier alpha value is -1.41. The van der Waals surface area contributed by atoms with Crippen LogP contribution in [0, 0.1) is 0 Å². The zero-order valence-corrected chi connectivity index (χ0v) is 7.37. The fourth-order valence-electron chi connectivity index (χ4n) is 0.593. The molecule has 0 aliphatic carbocycles. The number of primary sulfonamides is 1. The monoisotopic (exact) mass is 206 g/mol. The van der Waals surface area contributed by atoms with Crippen molar-refractivity contribution in [1.29, 1.82) is 0 Å². The number of sulfonamides is 1. The molecule has 0 spiro atoms. The van der Waals surface area contributed by atoms with E-state index in [1.807, 2.05) is 0 Å². The first kappa shape index (κ1) is 9.68. The number of rotatable bonds is 2. The normalized spacial score (nSPS) is 11.2. The summed E-state index contributed by atoms with van der Waals surface area (Å²) in [6, 6.07) is 0.890. The number of methoxy groups -OCH3 is 1. The first-order valence-corrected chi connectivity index (χ1v) is 4.57. The Labute approximate surface area is 73.5 Å². The van der Waals surface area contributed by atoms with Gasteiger partial charge in [-0.1, -0.05) is 5.16 Å². The van der Waals surface area contributed by atoms with E-state index in [2.05, 4.69) is 14.4 Å². The molecule has 0 amide bonds. The molecule has 8 heteroatoms. The number of nitrogens with two attached hydrogens (primary N) is 1. The van der Waals surface area contributed by atoms with Gasteiger partial charge in [0.25, 0.3) is 15.1 Å². The maximum atomic E-state index is 10.8. The molecule has 0 saturated heterocycles.